The van der Waals surface area contributed by atoms with Gasteiger partial charge >= 0.3 is 0 Å². The quantitative estimate of drug-likeness (QED) is 0.916. The van der Waals surface area contributed by atoms with Gasteiger partial charge in [0, 0.05) is 19.7 Å². The monoisotopic (exact) mass is 327 g/mol. The van der Waals surface area contributed by atoms with Crippen LogP contribution in [0, 0.1) is 0 Å². The molecular formula is C19H25N3O2. The van der Waals surface area contributed by atoms with Gasteiger partial charge in [0.2, 0.25) is 5.91 Å². The number of likely N-dealkylation sites (tertiary alicyclic amines) is 1. The molecule has 0 aliphatic carbocycles. The Morgan fingerprint density at radius 1 is 1.29 bits per heavy atom. The third-order valence-electron chi connectivity index (χ3n) is 4.76. The Hall–Kier alpha value is -2.14. The number of aryl methyl sites for hydroxylation is 2. The van der Waals surface area contributed by atoms with Crippen molar-refractivity contribution in [3.05, 3.63) is 53.3 Å². The van der Waals surface area contributed by atoms with Crippen LogP contribution in [0.1, 0.15) is 42.9 Å². The average molecular weight is 327 g/mol. The molecule has 0 radical (unpaired) electrons. The largest absolute Gasteiger partial charge is 0.381 e. The van der Waals surface area contributed by atoms with Gasteiger partial charge in [-0.3, -0.25) is 9.48 Å². The molecular weight excluding hydrogens is 302 g/mol. The first kappa shape index (κ1) is 16.7. The molecule has 24 heavy (non-hydrogen) atoms. The maximum atomic E-state index is 12.3. The van der Waals surface area contributed by atoms with Gasteiger partial charge in [0.1, 0.15) is 5.60 Å². The average Bonchev–Trinajstić information content (AvgIpc) is 2.95. The second-order valence-electron chi connectivity index (χ2n) is 7.08. The fourth-order valence-corrected chi connectivity index (χ4v) is 3.13. The predicted molar refractivity (Wildman–Crippen MR) is 92.5 cm³/mol. The maximum absolute atomic E-state index is 12.3. The molecule has 1 N–H and O–H groups in total. The van der Waals surface area contributed by atoms with Gasteiger partial charge in [0.25, 0.3) is 0 Å². The van der Waals surface area contributed by atoms with Gasteiger partial charge < -0.3 is 10.0 Å². The van der Waals surface area contributed by atoms with Gasteiger partial charge in [-0.25, -0.2) is 0 Å². The predicted octanol–water partition coefficient (Wildman–Crippen LogP) is 2.21. The molecule has 1 aliphatic rings. The summed E-state index contributed by atoms with van der Waals surface area (Å²) in [5.41, 5.74) is 2.31. The van der Waals surface area contributed by atoms with E-state index in [0.717, 1.165) is 11.1 Å². The van der Waals surface area contributed by atoms with Crippen LogP contribution in [0.15, 0.2) is 36.7 Å². The maximum Gasteiger partial charge on any atom is 0.223 e. The zero-order chi connectivity index (χ0) is 17.3. The standard InChI is InChI=1S/C19H25N3O2/c1-14(2)16-5-7-17(8-6-16)19(24)12-22(13-19)18(23)9-4-15-10-20-21(3)11-15/h5-8,10-11,14,24H,4,9,12-13H2,1-3H3. The first-order valence-corrected chi connectivity index (χ1v) is 8.45. The first-order valence-electron chi connectivity index (χ1n) is 8.45. The molecule has 0 bridgehead atoms. The lowest BCUT2D eigenvalue weighted by molar-refractivity contribution is -0.157. The van der Waals surface area contributed by atoms with Crippen molar-refractivity contribution < 1.29 is 9.90 Å². The van der Waals surface area contributed by atoms with Crippen LogP contribution in [0.2, 0.25) is 0 Å². The minimum absolute atomic E-state index is 0.0855. The van der Waals surface area contributed by atoms with Crippen molar-refractivity contribution in [1.82, 2.24) is 14.7 Å². The molecule has 0 unspecified atom stereocenters. The van der Waals surface area contributed by atoms with E-state index in [2.05, 4.69) is 31.1 Å². The van der Waals surface area contributed by atoms with E-state index in [4.69, 9.17) is 0 Å². The van der Waals surface area contributed by atoms with Crippen molar-refractivity contribution in [3.8, 4) is 0 Å². The molecule has 5 nitrogen and oxygen atoms in total. The fraction of sp³-hybridized carbons (Fsp3) is 0.474. The third-order valence-corrected chi connectivity index (χ3v) is 4.76. The molecule has 1 aromatic heterocycles. The molecule has 0 saturated carbocycles. The van der Waals surface area contributed by atoms with Crippen LogP contribution in [0.4, 0.5) is 0 Å². The lowest BCUT2D eigenvalue weighted by atomic mass is 9.84. The van der Waals surface area contributed by atoms with Crippen molar-refractivity contribution in [2.75, 3.05) is 13.1 Å². The number of carbonyl (C=O) groups is 1. The van der Waals surface area contributed by atoms with Gasteiger partial charge in [-0.1, -0.05) is 38.1 Å². The van der Waals surface area contributed by atoms with E-state index in [1.807, 2.05) is 25.4 Å². The Bertz CT molecular complexity index is 712. The Morgan fingerprint density at radius 3 is 2.50 bits per heavy atom. The van der Waals surface area contributed by atoms with Crippen molar-refractivity contribution >= 4 is 5.91 Å². The van der Waals surface area contributed by atoms with Gasteiger partial charge in [0.15, 0.2) is 0 Å². The van der Waals surface area contributed by atoms with Gasteiger partial charge in [-0.2, -0.15) is 5.10 Å². The van der Waals surface area contributed by atoms with E-state index in [-0.39, 0.29) is 5.91 Å². The molecule has 0 atom stereocenters. The first-order chi connectivity index (χ1) is 11.4. The minimum atomic E-state index is -0.903. The molecule has 1 amide bonds. The summed E-state index contributed by atoms with van der Waals surface area (Å²) >= 11 is 0. The summed E-state index contributed by atoms with van der Waals surface area (Å²) in [6.45, 7) is 5.05. The van der Waals surface area contributed by atoms with Gasteiger partial charge in [-0.15, -0.1) is 0 Å². The Labute approximate surface area is 142 Å². The Balaban J connectivity index is 1.54. The second kappa shape index (κ2) is 6.40. The number of amides is 1. The van der Waals surface area contributed by atoms with Crippen LogP contribution in [-0.2, 0) is 23.9 Å². The number of hydrogen-bond acceptors (Lipinski definition) is 3. The molecule has 1 fully saturated rings. The van der Waals surface area contributed by atoms with Crippen LogP contribution in [0.3, 0.4) is 0 Å². The van der Waals surface area contributed by atoms with Crippen molar-refractivity contribution in [2.45, 2.75) is 38.2 Å². The van der Waals surface area contributed by atoms with Crippen molar-refractivity contribution in [3.63, 3.8) is 0 Å². The smallest absolute Gasteiger partial charge is 0.223 e. The van der Waals surface area contributed by atoms with E-state index in [1.54, 1.807) is 15.8 Å². The summed E-state index contributed by atoms with van der Waals surface area (Å²) in [6, 6.07) is 8.08. The summed E-state index contributed by atoms with van der Waals surface area (Å²) < 4.78 is 1.74. The zero-order valence-corrected chi connectivity index (χ0v) is 14.6. The second-order valence-corrected chi connectivity index (χ2v) is 7.08. The third kappa shape index (κ3) is 3.36. The van der Waals surface area contributed by atoms with Gasteiger partial charge in [0.05, 0.1) is 19.3 Å². The number of β-amino-alcohol motifs (C(OH)–C–C–N with tert-alkyl or cyclic N) is 1. The summed E-state index contributed by atoms with van der Waals surface area (Å²) in [6.07, 6.45) is 4.85. The molecule has 0 spiro atoms. The minimum Gasteiger partial charge on any atom is -0.381 e. The number of aliphatic hydroxyl groups is 1. The number of carbonyl (C=O) groups excluding carboxylic acids is 1. The summed E-state index contributed by atoms with van der Waals surface area (Å²) in [5.74, 6) is 0.558. The summed E-state index contributed by atoms with van der Waals surface area (Å²) in [5, 5.41) is 14.8. The highest BCUT2D eigenvalue weighted by Crippen LogP contribution is 2.33. The molecule has 3 rings (SSSR count). The highest BCUT2D eigenvalue weighted by atomic mass is 16.3. The van der Waals surface area contributed by atoms with E-state index in [0.29, 0.717) is 31.8 Å². The van der Waals surface area contributed by atoms with Crippen LogP contribution >= 0.6 is 0 Å². The Kier molecular flexibility index (Phi) is 4.45. The fourth-order valence-electron chi connectivity index (χ4n) is 3.13. The number of benzene rings is 1. The van der Waals surface area contributed by atoms with E-state index < -0.39 is 5.60 Å². The van der Waals surface area contributed by atoms with Crippen molar-refractivity contribution in [1.29, 1.82) is 0 Å². The number of nitrogens with zero attached hydrogens (tertiary/aromatic N) is 3. The number of hydrogen-bond donors (Lipinski definition) is 1. The van der Waals surface area contributed by atoms with Crippen LogP contribution < -0.4 is 0 Å². The highest BCUT2D eigenvalue weighted by Gasteiger charge is 2.44. The summed E-state index contributed by atoms with van der Waals surface area (Å²) in [4.78, 5) is 14.0. The van der Waals surface area contributed by atoms with Crippen LogP contribution in [0.5, 0.6) is 0 Å². The number of aromatic nitrogens is 2. The highest BCUT2D eigenvalue weighted by molar-refractivity contribution is 5.77. The molecule has 1 aromatic carbocycles. The van der Waals surface area contributed by atoms with Crippen molar-refractivity contribution in [2.24, 2.45) is 7.05 Å². The normalized spacial score (nSPS) is 16.3. The molecule has 128 valence electrons. The lowest BCUT2D eigenvalue weighted by Gasteiger charge is -2.47. The number of rotatable bonds is 5. The lowest BCUT2D eigenvalue weighted by Crippen LogP contribution is -2.61. The Morgan fingerprint density at radius 2 is 1.96 bits per heavy atom. The van der Waals surface area contributed by atoms with Crippen LogP contribution in [0.25, 0.3) is 0 Å². The van der Waals surface area contributed by atoms with E-state index in [1.165, 1.54) is 5.56 Å². The molecule has 2 aromatic rings. The molecule has 1 aliphatic heterocycles. The molecule has 1 saturated heterocycles. The van der Waals surface area contributed by atoms with Gasteiger partial charge in [-0.05, 0) is 29.0 Å². The van der Waals surface area contributed by atoms with E-state index >= 15 is 0 Å². The van der Waals surface area contributed by atoms with Crippen LogP contribution in [-0.4, -0.2) is 38.8 Å². The zero-order valence-electron chi connectivity index (χ0n) is 14.6. The SMILES string of the molecule is CC(C)c1ccc(C2(O)CN(C(=O)CCc3cnn(C)c3)C2)cc1. The topological polar surface area (TPSA) is 58.4 Å². The van der Waals surface area contributed by atoms with E-state index in [9.17, 15) is 9.90 Å². The molecule has 2 heterocycles. The molecule has 5 heteroatoms. The summed E-state index contributed by atoms with van der Waals surface area (Å²) in [7, 11) is 1.87.